The van der Waals surface area contributed by atoms with Crippen LogP contribution in [-0.4, -0.2) is 40.4 Å². The van der Waals surface area contributed by atoms with Gasteiger partial charge in [0.15, 0.2) is 0 Å². The van der Waals surface area contributed by atoms with Crippen LogP contribution in [0.5, 0.6) is 0 Å². The summed E-state index contributed by atoms with van der Waals surface area (Å²) in [5.41, 5.74) is 0. The van der Waals surface area contributed by atoms with Crippen molar-refractivity contribution in [1.29, 1.82) is 0 Å². The van der Waals surface area contributed by atoms with Gasteiger partial charge in [0.05, 0.1) is 0 Å². The van der Waals surface area contributed by atoms with E-state index in [0.29, 0.717) is 0 Å². The molecule has 0 aromatic heterocycles. The molecule has 2 saturated carbocycles. The van der Waals surface area contributed by atoms with E-state index in [1.807, 2.05) is 0 Å². The fourth-order valence-corrected chi connectivity index (χ4v) is 3.27. The van der Waals surface area contributed by atoms with E-state index in [0.717, 1.165) is 25.7 Å². The Balaban J connectivity index is 2.00. The topological polar surface area (TPSA) is 57.6 Å². The van der Waals surface area contributed by atoms with Crippen molar-refractivity contribution in [2.24, 2.45) is 5.92 Å². The molecule has 20 heavy (non-hydrogen) atoms. The molecular weight excluding hydrogens is 268 g/mol. The van der Waals surface area contributed by atoms with Crippen molar-refractivity contribution in [3.05, 3.63) is 0 Å². The van der Waals surface area contributed by atoms with Crippen LogP contribution in [0.4, 0.5) is 8.78 Å². The molecule has 0 aliphatic heterocycles. The molecule has 0 heterocycles. The van der Waals surface area contributed by atoms with Crippen LogP contribution in [0.1, 0.15) is 51.4 Å². The van der Waals surface area contributed by atoms with Crippen LogP contribution < -0.4 is 0 Å². The summed E-state index contributed by atoms with van der Waals surface area (Å²) in [7, 11) is 0. The molecule has 0 aromatic carbocycles. The third kappa shape index (κ3) is 3.67. The Bertz CT molecular complexity index is 371. The van der Waals surface area contributed by atoms with Gasteiger partial charge in [-0.25, -0.2) is 8.78 Å². The highest BCUT2D eigenvalue weighted by Gasteiger charge is 2.40. The Hall–Kier alpha value is -1.20. The van der Waals surface area contributed by atoms with E-state index in [4.69, 9.17) is 5.11 Å². The molecule has 0 saturated heterocycles. The number of halogens is 2. The summed E-state index contributed by atoms with van der Waals surface area (Å²) in [6.07, 6.45) is 3.42. The normalized spacial score (nSPS) is 23.7. The van der Waals surface area contributed by atoms with Gasteiger partial charge in [-0.3, -0.25) is 9.59 Å². The summed E-state index contributed by atoms with van der Waals surface area (Å²) in [6, 6.07) is -0.0268. The zero-order valence-corrected chi connectivity index (χ0v) is 11.5. The molecule has 0 spiro atoms. The Labute approximate surface area is 117 Å². The molecule has 0 radical (unpaired) electrons. The first-order valence-electron chi connectivity index (χ1n) is 7.29. The summed E-state index contributed by atoms with van der Waals surface area (Å²) >= 11 is 0. The summed E-state index contributed by atoms with van der Waals surface area (Å²) in [5, 5.41) is 8.96. The van der Waals surface area contributed by atoms with Crippen LogP contribution in [0.15, 0.2) is 0 Å². The molecule has 6 heteroatoms. The minimum atomic E-state index is -2.66. The quantitative estimate of drug-likeness (QED) is 0.865. The highest BCUT2D eigenvalue weighted by molar-refractivity contribution is 5.83. The van der Waals surface area contributed by atoms with Crippen LogP contribution in [0.2, 0.25) is 0 Å². The number of carbonyl (C=O) groups is 2. The van der Waals surface area contributed by atoms with Crippen LogP contribution in [0.3, 0.4) is 0 Å². The standard InChI is InChI=1S/C14H21F2NO3/c15-14(16)7-5-10(6-8-14)13(20)17(9-12(18)19)11-3-1-2-4-11/h10-11H,1-9H2,(H,18,19). The maximum atomic E-state index is 13.1. The second-order valence-corrected chi connectivity index (χ2v) is 5.93. The maximum Gasteiger partial charge on any atom is 0.323 e. The van der Waals surface area contributed by atoms with Crippen LogP contribution in [0.25, 0.3) is 0 Å². The minimum Gasteiger partial charge on any atom is -0.480 e. The first-order valence-corrected chi connectivity index (χ1v) is 7.29. The second kappa shape index (κ2) is 6.06. The molecule has 2 fully saturated rings. The van der Waals surface area contributed by atoms with Crippen LogP contribution >= 0.6 is 0 Å². The molecule has 0 atom stereocenters. The van der Waals surface area contributed by atoms with Crippen molar-refractivity contribution >= 4 is 11.9 Å². The molecule has 2 rings (SSSR count). The van der Waals surface area contributed by atoms with E-state index < -0.39 is 17.8 Å². The van der Waals surface area contributed by atoms with Crippen LogP contribution in [0, 0.1) is 5.92 Å². The average molecular weight is 289 g/mol. The molecule has 1 amide bonds. The molecular formula is C14H21F2NO3. The number of carboxylic acids is 1. The summed E-state index contributed by atoms with van der Waals surface area (Å²) in [6.45, 7) is -0.309. The second-order valence-electron chi connectivity index (χ2n) is 5.93. The van der Waals surface area contributed by atoms with Crippen LogP contribution in [-0.2, 0) is 9.59 Å². The lowest BCUT2D eigenvalue weighted by Gasteiger charge is -2.34. The van der Waals surface area contributed by atoms with Gasteiger partial charge in [0, 0.05) is 24.8 Å². The average Bonchev–Trinajstić information content (AvgIpc) is 2.88. The number of hydrogen-bond donors (Lipinski definition) is 1. The number of amides is 1. The largest absolute Gasteiger partial charge is 0.480 e. The smallest absolute Gasteiger partial charge is 0.323 e. The SMILES string of the molecule is O=C(O)CN(C(=O)C1CCC(F)(F)CC1)C1CCCC1. The van der Waals surface area contributed by atoms with E-state index in [1.165, 1.54) is 4.90 Å². The number of alkyl halides is 2. The zero-order chi connectivity index (χ0) is 14.8. The zero-order valence-electron chi connectivity index (χ0n) is 11.5. The van der Waals surface area contributed by atoms with E-state index in [2.05, 4.69) is 0 Å². The van der Waals surface area contributed by atoms with Gasteiger partial charge >= 0.3 is 5.97 Å². The third-order valence-corrected chi connectivity index (χ3v) is 4.42. The Kier molecular flexibility index (Phi) is 4.60. The fraction of sp³-hybridized carbons (Fsp3) is 0.857. The Morgan fingerprint density at radius 1 is 1.10 bits per heavy atom. The van der Waals surface area contributed by atoms with Gasteiger partial charge in [0.1, 0.15) is 6.54 Å². The van der Waals surface area contributed by atoms with E-state index in [-0.39, 0.29) is 44.2 Å². The predicted octanol–water partition coefficient (Wildman–Crippen LogP) is 2.67. The first kappa shape index (κ1) is 15.2. The summed E-state index contributed by atoms with van der Waals surface area (Å²) in [5.74, 6) is -4.38. The highest BCUT2D eigenvalue weighted by Crippen LogP contribution is 2.37. The Morgan fingerprint density at radius 2 is 1.65 bits per heavy atom. The lowest BCUT2D eigenvalue weighted by atomic mass is 9.85. The molecule has 0 bridgehead atoms. The van der Waals surface area contributed by atoms with Gasteiger partial charge in [-0.1, -0.05) is 12.8 Å². The molecule has 114 valence electrons. The van der Waals surface area contributed by atoms with E-state index in [1.54, 1.807) is 0 Å². The molecule has 2 aliphatic carbocycles. The maximum absolute atomic E-state index is 13.1. The van der Waals surface area contributed by atoms with Gasteiger partial charge in [0.25, 0.3) is 0 Å². The number of aliphatic carboxylic acids is 1. The third-order valence-electron chi connectivity index (χ3n) is 4.42. The molecule has 1 N–H and O–H groups in total. The Morgan fingerprint density at radius 3 is 2.15 bits per heavy atom. The summed E-state index contributed by atoms with van der Waals surface area (Å²) in [4.78, 5) is 24.8. The van der Waals surface area contributed by atoms with E-state index in [9.17, 15) is 18.4 Å². The highest BCUT2D eigenvalue weighted by atomic mass is 19.3. The lowest BCUT2D eigenvalue weighted by molar-refractivity contribution is -0.150. The molecule has 0 aromatic rings. The van der Waals surface area contributed by atoms with Gasteiger partial charge < -0.3 is 10.0 Å². The molecule has 0 unspecified atom stereocenters. The molecule has 4 nitrogen and oxygen atoms in total. The van der Waals surface area contributed by atoms with Crippen molar-refractivity contribution in [3.8, 4) is 0 Å². The van der Waals surface area contributed by atoms with Crippen molar-refractivity contribution in [2.45, 2.75) is 63.3 Å². The minimum absolute atomic E-state index is 0.0268. The predicted molar refractivity (Wildman–Crippen MR) is 68.5 cm³/mol. The van der Waals surface area contributed by atoms with Crippen molar-refractivity contribution in [1.82, 2.24) is 4.90 Å². The van der Waals surface area contributed by atoms with E-state index >= 15 is 0 Å². The number of hydrogen-bond acceptors (Lipinski definition) is 2. The van der Waals surface area contributed by atoms with Gasteiger partial charge in [-0.05, 0) is 25.7 Å². The van der Waals surface area contributed by atoms with Crippen molar-refractivity contribution in [3.63, 3.8) is 0 Å². The number of carboxylic acid groups (broad SMARTS) is 1. The first-order chi connectivity index (χ1) is 9.39. The number of carbonyl (C=O) groups excluding carboxylic acids is 1. The monoisotopic (exact) mass is 289 g/mol. The molecule has 2 aliphatic rings. The number of rotatable bonds is 4. The summed E-state index contributed by atoms with van der Waals surface area (Å²) < 4.78 is 26.3. The van der Waals surface area contributed by atoms with Crippen molar-refractivity contribution < 1.29 is 23.5 Å². The van der Waals surface area contributed by atoms with Gasteiger partial charge in [0.2, 0.25) is 11.8 Å². The van der Waals surface area contributed by atoms with Crippen molar-refractivity contribution in [2.75, 3.05) is 6.54 Å². The van der Waals surface area contributed by atoms with Gasteiger partial charge in [-0.2, -0.15) is 0 Å². The lowest BCUT2D eigenvalue weighted by Crippen LogP contribution is -2.46. The van der Waals surface area contributed by atoms with Gasteiger partial charge in [-0.15, -0.1) is 0 Å². The number of nitrogens with zero attached hydrogens (tertiary/aromatic N) is 1. The fourth-order valence-electron chi connectivity index (χ4n) is 3.27.